The first-order valence-corrected chi connectivity index (χ1v) is 13.4. The van der Waals surface area contributed by atoms with E-state index in [9.17, 15) is 0 Å². The van der Waals surface area contributed by atoms with E-state index in [1.807, 2.05) is 12.1 Å². The molecule has 4 rings (SSSR count). The van der Waals surface area contributed by atoms with Gasteiger partial charge in [0.2, 0.25) is 5.95 Å². The molecule has 0 unspecified atom stereocenters. The van der Waals surface area contributed by atoms with Crippen molar-refractivity contribution in [3.05, 3.63) is 41.3 Å². The van der Waals surface area contributed by atoms with Crippen LogP contribution in [0.1, 0.15) is 50.5 Å². The number of nitrogens with one attached hydrogen (secondary N) is 1. The Morgan fingerprint density at radius 3 is 2.73 bits per heavy atom. The third-order valence-electron chi connectivity index (χ3n) is 5.77. The van der Waals surface area contributed by atoms with E-state index in [1.54, 1.807) is 29.7 Å². The number of piperidine rings is 1. The first-order chi connectivity index (χ1) is 16.1. The largest absolute Gasteiger partial charge is 0.368 e. The number of likely N-dealkylation sites (tertiary alicyclic amines) is 1. The monoisotopic (exact) mass is 486 g/mol. The van der Waals surface area contributed by atoms with Crippen molar-refractivity contribution in [2.45, 2.75) is 45.4 Å². The van der Waals surface area contributed by atoms with Crippen LogP contribution in [0.25, 0.3) is 21.8 Å². The minimum atomic E-state index is -0.293. The number of hydrogen-bond donors (Lipinski definition) is 2. The molecule has 176 valence electrons. The standard InChI is InChI=1S/C24H31FN6S2/c1-3-12-31-13-9-16(10-14-31)23-29-21(22(33-23)19-8-11-27-24(26)28-19)17-6-5-7-18(20(17)25)30-32-15-4-2/h5-8,11,16,30H,3-4,9-10,12-15H2,1-2H3,(H2,26,27,28). The van der Waals surface area contributed by atoms with Crippen molar-refractivity contribution in [3.8, 4) is 21.8 Å². The summed E-state index contributed by atoms with van der Waals surface area (Å²) in [4.78, 5) is 16.8. The number of halogens is 1. The van der Waals surface area contributed by atoms with Crippen LogP contribution in [0.4, 0.5) is 16.0 Å². The van der Waals surface area contributed by atoms with Gasteiger partial charge in [-0.15, -0.1) is 11.3 Å². The van der Waals surface area contributed by atoms with Gasteiger partial charge in [-0.05, 0) is 63.5 Å². The third kappa shape index (κ3) is 5.65. The first-order valence-electron chi connectivity index (χ1n) is 11.6. The SMILES string of the molecule is CCCSNc1cccc(-c2nc(C3CCN(CCC)CC3)sc2-c2ccnc(N)n2)c1F. The van der Waals surface area contributed by atoms with E-state index >= 15 is 4.39 Å². The van der Waals surface area contributed by atoms with Gasteiger partial charge >= 0.3 is 0 Å². The summed E-state index contributed by atoms with van der Waals surface area (Å²) < 4.78 is 18.7. The molecule has 1 aliphatic heterocycles. The molecule has 6 nitrogen and oxygen atoms in total. The number of thiazole rings is 1. The van der Waals surface area contributed by atoms with Gasteiger partial charge in [0.05, 0.1) is 27.0 Å². The van der Waals surface area contributed by atoms with Crippen LogP contribution in [-0.4, -0.2) is 45.2 Å². The Hall–Kier alpha value is -2.23. The second-order valence-electron chi connectivity index (χ2n) is 8.26. The van der Waals surface area contributed by atoms with Crippen molar-refractivity contribution < 1.29 is 4.39 Å². The van der Waals surface area contributed by atoms with Crippen molar-refractivity contribution >= 4 is 34.9 Å². The van der Waals surface area contributed by atoms with Gasteiger partial charge in [0.25, 0.3) is 0 Å². The molecule has 0 radical (unpaired) electrons. The number of benzene rings is 1. The number of nitrogens with zero attached hydrogens (tertiary/aromatic N) is 4. The van der Waals surface area contributed by atoms with Crippen molar-refractivity contribution in [2.75, 3.05) is 35.8 Å². The molecule has 9 heteroatoms. The zero-order valence-electron chi connectivity index (χ0n) is 19.2. The molecule has 0 saturated carbocycles. The van der Waals surface area contributed by atoms with Crippen molar-refractivity contribution in [2.24, 2.45) is 0 Å². The number of nitrogens with two attached hydrogens (primary N) is 1. The molecule has 0 bridgehead atoms. The van der Waals surface area contributed by atoms with E-state index in [1.165, 1.54) is 18.4 Å². The van der Waals surface area contributed by atoms with Crippen LogP contribution in [0, 0.1) is 5.82 Å². The molecular weight excluding hydrogens is 455 g/mol. The fourth-order valence-electron chi connectivity index (χ4n) is 4.11. The molecule has 3 N–H and O–H groups in total. The Morgan fingerprint density at radius 2 is 2.00 bits per heavy atom. The second kappa shape index (κ2) is 11.3. The van der Waals surface area contributed by atoms with Crippen molar-refractivity contribution in [1.82, 2.24) is 19.9 Å². The molecule has 3 aromatic rings. The quantitative estimate of drug-likeness (QED) is 0.282. The summed E-state index contributed by atoms with van der Waals surface area (Å²) in [5, 5.41) is 1.05. The van der Waals surface area contributed by atoms with Gasteiger partial charge < -0.3 is 15.4 Å². The summed E-state index contributed by atoms with van der Waals surface area (Å²) in [7, 11) is 0. The van der Waals surface area contributed by atoms with Crippen molar-refractivity contribution in [3.63, 3.8) is 0 Å². The predicted molar refractivity (Wildman–Crippen MR) is 138 cm³/mol. The normalized spacial score (nSPS) is 15.1. The lowest BCUT2D eigenvalue weighted by Gasteiger charge is -2.30. The molecule has 1 aliphatic rings. The van der Waals surface area contributed by atoms with Gasteiger partial charge in [0.1, 0.15) is 0 Å². The molecule has 1 fully saturated rings. The molecule has 33 heavy (non-hydrogen) atoms. The lowest BCUT2D eigenvalue weighted by atomic mass is 9.97. The highest BCUT2D eigenvalue weighted by Gasteiger charge is 2.27. The molecule has 0 atom stereocenters. The zero-order chi connectivity index (χ0) is 23.2. The summed E-state index contributed by atoms with van der Waals surface area (Å²) in [5.41, 5.74) is 8.14. The van der Waals surface area contributed by atoms with E-state index in [0.29, 0.717) is 28.6 Å². The summed E-state index contributed by atoms with van der Waals surface area (Å²) >= 11 is 3.11. The number of anilines is 2. The number of rotatable bonds is 9. The number of nitrogen functional groups attached to an aromatic ring is 1. The summed E-state index contributed by atoms with van der Waals surface area (Å²) in [6.45, 7) is 7.61. The lowest BCUT2D eigenvalue weighted by Crippen LogP contribution is -2.33. The second-order valence-corrected chi connectivity index (χ2v) is 10.2. The Labute approximate surface area is 203 Å². The Morgan fingerprint density at radius 1 is 1.18 bits per heavy atom. The molecular formula is C24H31FN6S2. The summed E-state index contributed by atoms with van der Waals surface area (Å²) in [5.74, 6) is 1.19. The molecule has 2 aromatic heterocycles. The molecule has 0 spiro atoms. The van der Waals surface area contributed by atoms with Crippen LogP contribution < -0.4 is 10.5 Å². The fraction of sp³-hybridized carbons (Fsp3) is 0.458. The van der Waals surface area contributed by atoms with E-state index in [-0.39, 0.29) is 11.8 Å². The Kier molecular flexibility index (Phi) is 8.16. The zero-order valence-corrected chi connectivity index (χ0v) is 20.8. The molecule has 1 aromatic carbocycles. The highest BCUT2D eigenvalue weighted by molar-refractivity contribution is 8.00. The predicted octanol–water partition coefficient (Wildman–Crippen LogP) is 6.05. The van der Waals surface area contributed by atoms with Crippen LogP contribution in [0.2, 0.25) is 0 Å². The Bertz CT molecular complexity index is 1060. The third-order valence-corrected chi connectivity index (χ3v) is 7.99. The van der Waals surface area contributed by atoms with Gasteiger partial charge in [-0.2, -0.15) is 0 Å². The highest BCUT2D eigenvalue weighted by Crippen LogP contribution is 2.42. The van der Waals surface area contributed by atoms with Crippen LogP contribution in [0.3, 0.4) is 0 Å². The molecule has 3 heterocycles. The topological polar surface area (TPSA) is 80.0 Å². The maximum Gasteiger partial charge on any atom is 0.220 e. The van der Waals surface area contributed by atoms with E-state index in [4.69, 9.17) is 10.7 Å². The first kappa shape index (κ1) is 23.9. The summed E-state index contributed by atoms with van der Waals surface area (Å²) in [6, 6.07) is 7.24. The Balaban J connectivity index is 1.71. The fourth-order valence-corrected chi connectivity index (χ4v) is 5.95. The molecule has 0 amide bonds. The van der Waals surface area contributed by atoms with Gasteiger partial charge in [0.15, 0.2) is 5.82 Å². The van der Waals surface area contributed by atoms with Gasteiger partial charge in [-0.25, -0.2) is 19.3 Å². The lowest BCUT2D eigenvalue weighted by molar-refractivity contribution is 0.212. The van der Waals surface area contributed by atoms with Crippen LogP contribution in [-0.2, 0) is 0 Å². The van der Waals surface area contributed by atoms with Crippen molar-refractivity contribution in [1.29, 1.82) is 0 Å². The molecule has 0 aliphatic carbocycles. The smallest absolute Gasteiger partial charge is 0.220 e. The maximum absolute atomic E-state index is 15.6. The average molecular weight is 487 g/mol. The highest BCUT2D eigenvalue weighted by atomic mass is 32.2. The number of hydrogen-bond acceptors (Lipinski definition) is 8. The minimum absolute atomic E-state index is 0.202. The van der Waals surface area contributed by atoms with E-state index in [0.717, 1.165) is 54.5 Å². The molecule has 1 saturated heterocycles. The minimum Gasteiger partial charge on any atom is -0.368 e. The summed E-state index contributed by atoms with van der Waals surface area (Å²) in [6.07, 6.45) is 5.96. The van der Waals surface area contributed by atoms with Crippen LogP contribution in [0.15, 0.2) is 30.5 Å². The maximum atomic E-state index is 15.6. The number of aromatic nitrogens is 3. The van der Waals surface area contributed by atoms with Gasteiger partial charge in [-0.3, -0.25) is 0 Å². The van der Waals surface area contributed by atoms with Crippen LogP contribution >= 0.6 is 23.3 Å². The van der Waals surface area contributed by atoms with Gasteiger partial charge in [0, 0.05) is 23.4 Å². The van der Waals surface area contributed by atoms with E-state index in [2.05, 4.69) is 33.4 Å². The van der Waals surface area contributed by atoms with E-state index < -0.39 is 0 Å². The average Bonchev–Trinajstić information content (AvgIpc) is 3.26. The van der Waals surface area contributed by atoms with Crippen LogP contribution in [0.5, 0.6) is 0 Å². The van der Waals surface area contributed by atoms with Gasteiger partial charge in [-0.1, -0.05) is 31.9 Å².